The number of benzene rings is 1. The number of fused-ring (bicyclic) bond motifs is 1. The first kappa shape index (κ1) is 15.8. The maximum absolute atomic E-state index is 12.5. The van der Waals surface area contributed by atoms with Crippen LogP contribution in [-0.2, 0) is 16.4 Å². The van der Waals surface area contributed by atoms with E-state index in [1.807, 2.05) is 13.1 Å². The Labute approximate surface area is 132 Å². The lowest BCUT2D eigenvalue weighted by atomic mass is 10.0. The fourth-order valence-electron chi connectivity index (χ4n) is 3.46. The van der Waals surface area contributed by atoms with Crippen LogP contribution in [0.3, 0.4) is 0 Å². The van der Waals surface area contributed by atoms with E-state index in [-0.39, 0.29) is 12.0 Å². The number of aryl methyl sites for hydroxylation is 1. The zero-order valence-corrected chi connectivity index (χ0v) is 13.8. The highest BCUT2D eigenvalue weighted by molar-refractivity contribution is 7.89. The van der Waals surface area contributed by atoms with Crippen molar-refractivity contribution in [2.75, 3.05) is 25.0 Å². The van der Waals surface area contributed by atoms with Crippen molar-refractivity contribution in [3.05, 3.63) is 23.8 Å². The highest BCUT2D eigenvalue weighted by atomic mass is 32.2. The second kappa shape index (κ2) is 6.18. The quantitative estimate of drug-likeness (QED) is 0.881. The number of nitrogens with zero attached hydrogens (tertiary/aromatic N) is 1. The van der Waals surface area contributed by atoms with E-state index in [9.17, 15) is 13.5 Å². The molecule has 1 saturated carbocycles. The van der Waals surface area contributed by atoms with Crippen LogP contribution in [0.5, 0.6) is 0 Å². The van der Waals surface area contributed by atoms with Gasteiger partial charge in [0.05, 0.1) is 11.0 Å². The van der Waals surface area contributed by atoms with Gasteiger partial charge in [0.2, 0.25) is 10.0 Å². The molecule has 22 heavy (non-hydrogen) atoms. The molecule has 1 aliphatic heterocycles. The molecule has 0 amide bonds. The third-order valence-electron chi connectivity index (χ3n) is 4.87. The molecule has 0 aromatic heterocycles. The van der Waals surface area contributed by atoms with Gasteiger partial charge in [0.25, 0.3) is 0 Å². The summed E-state index contributed by atoms with van der Waals surface area (Å²) in [6.07, 6.45) is 4.36. The summed E-state index contributed by atoms with van der Waals surface area (Å²) in [7, 11) is -1.52. The molecule has 2 aliphatic rings. The predicted octanol–water partition coefficient (Wildman–Crippen LogP) is 1.51. The van der Waals surface area contributed by atoms with E-state index in [2.05, 4.69) is 9.62 Å². The van der Waals surface area contributed by atoms with Gasteiger partial charge in [-0.1, -0.05) is 12.5 Å². The van der Waals surface area contributed by atoms with E-state index in [0.717, 1.165) is 44.3 Å². The lowest BCUT2D eigenvalue weighted by Crippen LogP contribution is -2.33. The smallest absolute Gasteiger partial charge is 0.240 e. The number of sulfonamides is 1. The minimum absolute atomic E-state index is 0.0371. The molecular formula is C16H24N2O3S. The first-order valence-electron chi connectivity index (χ1n) is 7.99. The number of rotatable bonds is 4. The fourth-order valence-corrected chi connectivity index (χ4v) is 4.57. The Kier molecular flexibility index (Phi) is 4.43. The van der Waals surface area contributed by atoms with Crippen molar-refractivity contribution in [2.24, 2.45) is 5.92 Å². The maximum Gasteiger partial charge on any atom is 0.240 e. The fraction of sp³-hybridized carbons (Fsp3) is 0.625. The molecule has 1 aliphatic carbocycles. The molecule has 3 rings (SSSR count). The molecule has 0 saturated heterocycles. The molecule has 1 fully saturated rings. The average molecular weight is 324 g/mol. The summed E-state index contributed by atoms with van der Waals surface area (Å²) in [4.78, 5) is 2.42. The van der Waals surface area contributed by atoms with Gasteiger partial charge in [-0.15, -0.1) is 0 Å². The molecule has 0 radical (unpaired) electrons. The van der Waals surface area contributed by atoms with Crippen molar-refractivity contribution in [1.82, 2.24) is 4.72 Å². The topological polar surface area (TPSA) is 69.6 Å². The SMILES string of the molecule is CN1CCCc2ccc(S(=O)(=O)NC[C@@H]3CCC[C@H]3O)cc21. The van der Waals surface area contributed by atoms with Crippen LogP contribution in [-0.4, -0.2) is 39.8 Å². The van der Waals surface area contributed by atoms with Crippen molar-refractivity contribution in [3.63, 3.8) is 0 Å². The van der Waals surface area contributed by atoms with E-state index in [4.69, 9.17) is 0 Å². The standard InChI is InChI=1S/C16H24N2O3S/c1-18-9-3-5-12-7-8-14(10-15(12)18)22(20,21)17-11-13-4-2-6-16(13)19/h7-8,10,13,16-17,19H,2-6,9,11H2,1H3/t13-,16+/m0/s1. The van der Waals surface area contributed by atoms with Crippen LogP contribution in [0.2, 0.25) is 0 Å². The highest BCUT2D eigenvalue weighted by Gasteiger charge is 2.27. The van der Waals surface area contributed by atoms with Gasteiger partial charge in [0.15, 0.2) is 0 Å². The van der Waals surface area contributed by atoms with E-state index in [1.54, 1.807) is 12.1 Å². The lowest BCUT2D eigenvalue weighted by molar-refractivity contribution is 0.134. The summed E-state index contributed by atoms with van der Waals surface area (Å²) < 4.78 is 27.6. The maximum atomic E-state index is 12.5. The Hall–Kier alpha value is -1.11. The van der Waals surface area contributed by atoms with Gasteiger partial charge >= 0.3 is 0 Å². The molecule has 2 atom stereocenters. The third-order valence-corrected chi connectivity index (χ3v) is 6.29. The molecule has 0 bridgehead atoms. The number of hydrogen-bond donors (Lipinski definition) is 2. The van der Waals surface area contributed by atoms with Crippen molar-refractivity contribution >= 4 is 15.7 Å². The monoisotopic (exact) mass is 324 g/mol. The summed E-state index contributed by atoms with van der Waals surface area (Å²) in [5.41, 5.74) is 2.22. The van der Waals surface area contributed by atoms with Gasteiger partial charge in [-0.05, 0) is 49.3 Å². The molecule has 1 aromatic rings. The summed E-state index contributed by atoms with van der Waals surface area (Å²) in [5, 5.41) is 9.81. The van der Waals surface area contributed by atoms with Gasteiger partial charge in [-0.3, -0.25) is 0 Å². The number of nitrogens with one attached hydrogen (secondary N) is 1. The second-order valence-corrected chi connectivity index (χ2v) is 8.19. The summed E-state index contributed by atoms with van der Waals surface area (Å²) in [6, 6.07) is 5.37. The molecule has 122 valence electrons. The molecule has 5 nitrogen and oxygen atoms in total. The number of aliphatic hydroxyl groups excluding tert-OH is 1. The molecule has 1 heterocycles. The van der Waals surface area contributed by atoms with Crippen LogP contribution in [0.4, 0.5) is 5.69 Å². The Balaban J connectivity index is 1.76. The zero-order valence-electron chi connectivity index (χ0n) is 13.0. The van der Waals surface area contributed by atoms with Crippen LogP contribution in [0.15, 0.2) is 23.1 Å². The van der Waals surface area contributed by atoms with Crippen LogP contribution in [0.1, 0.15) is 31.2 Å². The normalized spacial score (nSPS) is 25.3. The van der Waals surface area contributed by atoms with Crippen molar-refractivity contribution in [2.45, 2.75) is 43.1 Å². The van der Waals surface area contributed by atoms with Crippen molar-refractivity contribution in [3.8, 4) is 0 Å². The molecule has 6 heteroatoms. The molecular weight excluding hydrogens is 300 g/mol. The minimum atomic E-state index is -3.52. The minimum Gasteiger partial charge on any atom is -0.393 e. The highest BCUT2D eigenvalue weighted by Crippen LogP contribution is 2.29. The van der Waals surface area contributed by atoms with Gasteiger partial charge in [0.1, 0.15) is 0 Å². The van der Waals surface area contributed by atoms with Crippen LogP contribution in [0.25, 0.3) is 0 Å². The largest absolute Gasteiger partial charge is 0.393 e. The number of hydrogen-bond acceptors (Lipinski definition) is 4. The van der Waals surface area contributed by atoms with E-state index >= 15 is 0 Å². The lowest BCUT2D eigenvalue weighted by Gasteiger charge is -2.28. The van der Waals surface area contributed by atoms with Gasteiger partial charge in [0, 0.05) is 25.8 Å². The first-order valence-corrected chi connectivity index (χ1v) is 9.47. The third kappa shape index (κ3) is 3.14. The van der Waals surface area contributed by atoms with E-state index in [1.165, 1.54) is 5.56 Å². The second-order valence-electron chi connectivity index (χ2n) is 6.43. The van der Waals surface area contributed by atoms with Crippen LogP contribution < -0.4 is 9.62 Å². The summed E-state index contributed by atoms with van der Waals surface area (Å²) >= 11 is 0. The van der Waals surface area contributed by atoms with Crippen LogP contribution >= 0.6 is 0 Å². The molecule has 1 aromatic carbocycles. The van der Waals surface area contributed by atoms with Crippen LogP contribution in [0, 0.1) is 5.92 Å². The predicted molar refractivity (Wildman–Crippen MR) is 86.6 cm³/mol. The van der Waals surface area contributed by atoms with Crippen molar-refractivity contribution < 1.29 is 13.5 Å². The first-order chi connectivity index (χ1) is 10.5. The Morgan fingerprint density at radius 3 is 2.86 bits per heavy atom. The van der Waals surface area contributed by atoms with Gasteiger partial charge in [-0.25, -0.2) is 13.1 Å². The zero-order chi connectivity index (χ0) is 15.7. The molecule has 0 spiro atoms. The number of aliphatic hydroxyl groups is 1. The Bertz CT molecular complexity index is 645. The number of anilines is 1. The Morgan fingerprint density at radius 1 is 1.32 bits per heavy atom. The Morgan fingerprint density at radius 2 is 2.14 bits per heavy atom. The van der Waals surface area contributed by atoms with Gasteiger partial charge < -0.3 is 10.0 Å². The molecule has 2 N–H and O–H groups in total. The van der Waals surface area contributed by atoms with Crippen molar-refractivity contribution in [1.29, 1.82) is 0 Å². The van der Waals surface area contributed by atoms with E-state index in [0.29, 0.717) is 11.4 Å². The average Bonchev–Trinajstić information content (AvgIpc) is 2.91. The molecule has 0 unspecified atom stereocenters. The van der Waals surface area contributed by atoms with Gasteiger partial charge in [-0.2, -0.15) is 0 Å². The summed E-state index contributed by atoms with van der Waals surface area (Å²) in [5.74, 6) is 0.0371. The van der Waals surface area contributed by atoms with E-state index < -0.39 is 10.0 Å². The summed E-state index contributed by atoms with van der Waals surface area (Å²) in [6.45, 7) is 1.27.